The number of rotatable bonds is 9. The largest absolute Gasteiger partial charge is 0.452 e. The molecule has 0 atom stereocenters. The highest BCUT2D eigenvalue weighted by Gasteiger charge is 2.31. The van der Waals surface area contributed by atoms with Gasteiger partial charge in [-0.3, -0.25) is 18.7 Å². The van der Waals surface area contributed by atoms with Gasteiger partial charge in [0.15, 0.2) is 5.82 Å². The number of nitrogen functional groups attached to an aromatic ring is 1. The molecule has 2 aromatic heterocycles. The zero-order valence-corrected chi connectivity index (χ0v) is 21.7. The highest BCUT2D eigenvalue weighted by atomic mass is 19.4. The monoisotopic (exact) mass is 557 g/mol. The lowest BCUT2D eigenvalue weighted by molar-refractivity contribution is -0.137. The Balaban J connectivity index is 1.57. The van der Waals surface area contributed by atoms with Gasteiger partial charge in [-0.25, -0.2) is 4.98 Å². The fourth-order valence-electron chi connectivity index (χ4n) is 3.79. The van der Waals surface area contributed by atoms with Crippen LogP contribution in [0.15, 0.2) is 58.0 Å². The number of nitrogens with two attached hydrogens (primary N) is 1. The van der Waals surface area contributed by atoms with Gasteiger partial charge >= 0.3 is 12.3 Å². The quantitative estimate of drug-likeness (QED) is 0.262. The van der Waals surface area contributed by atoms with Crippen LogP contribution < -0.4 is 26.7 Å². The van der Waals surface area contributed by atoms with Crippen molar-refractivity contribution in [3.05, 3.63) is 70.1 Å². The summed E-state index contributed by atoms with van der Waals surface area (Å²) in [5.41, 5.74) is 5.33. The Morgan fingerprint density at radius 3 is 2.50 bits per heavy atom. The van der Waals surface area contributed by atoms with Crippen molar-refractivity contribution in [1.82, 2.24) is 25.0 Å². The summed E-state index contributed by atoms with van der Waals surface area (Å²) in [6.45, 7) is 3.23. The lowest BCUT2D eigenvalue weighted by atomic mass is 10.1. The number of hydrogen-bond acceptors (Lipinski definition) is 9. The number of methoxy groups -OCH3 is 1. The fraction of sp³-hybridized carbons (Fsp3) is 0.269. The van der Waals surface area contributed by atoms with Crippen molar-refractivity contribution in [2.24, 2.45) is 0 Å². The van der Waals surface area contributed by atoms with Gasteiger partial charge in [-0.05, 0) is 37.6 Å². The number of aromatic nitrogens is 4. The maximum atomic E-state index is 13.4. The lowest BCUT2D eigenvalue weighted by Crippen LogP contribution is -2.35. The number of anilines is 2. The number of nitrogens with zero attached hydrogens (tertiary/aromatic N) is 4. The number of halogens is 3. The second-order valence-electron chi connectivity index (χ2n) is 9.09. The van der Waals surface area contributed by atoms with E-state index in [1.807, 2.05) is 0 Å². The van der Waals surface area contributed by atoms with E-state index in [0.717, 1.165) is 22.3 Å². The Morgan fingerprint density at radius 2 is 1.88 bits per heavy atom. The van der Waals surface area contributed by atoms with E-state index in [9.17, 15) is 22.8 Å². The average Bonchev–Trinajstić information content (AvgIpc) is 3.38. The van der Waals surface area contributed by atoms with E-state index >= 15 is 0 Å². The van der Waals surface area contributed by atoms with Crippen LogP contribution in [0, 0.1) is 0 Å². The van der Waals surface area contributed by atoms with E-state index in [-0.39, 0.29) is 41.4 Å². The summed E-state index contributed by atoms with van der Waals surface area (Å²) in [5.74, 6) is -0.254. The first-order valence-electron chi connectivity index (χ1n) is 12.0. The SMILES string of the molecule is COc1nc(-c2ccc(CNC(=O)Cn3c(-c4cc(N)cc(C(F)(F)F)c4)cnc(NC(C)C)c3=O)cc2)no1. The summed E-state index contributed by atoms with van der Waals surface area (Å²) in [6, 6.07) is 9.75. The second kappa shape index (κ2) is 11.5. The minimum Gasteiger partial charge on any atom is -0.452 e. The first kappa shape index (κ1) is 28.1. The molecule has 2 heterocycles. The first-order valence-corrected chi connectivity index (χ1v) is 12.0. The van der Waals surface area contributed by atoms with Crippen molar-refractivity contribution < 1.29 is 27.2 Å². The summed E-state index contributed by atoms with van der Waals surface area (Å²) in [7, 11) is 1.41. The van der Waals surface area contributed by atoms with E-state index in [1.54, 1.807) is 38.1 Å². The molecule has 2 aromatic carbocycles. The van der Waals surface area contributed by atoms with E-state index in [1.165, 1.54) is 19.4 Å². The van der Waals surface area contributed by atoms with Gasteiger partial charge in [0, 0.05) is 29.4 Å². The molecule has 0 saturated carbocycles. The van der Waals surface area contributed by atoms with Crippen molar-refractivity contribution in [2.45, 2.75) is 39.2 Å². The smallest absolute Gasteiger partial charge is 0.417 e. The molecule has 4 aromatic rings. The molecule has 4 N–H and O–H groups in total. The number of alkyl halides is 3. The van der Waals surface area contributed by atoms with Gasteiger partial charge in [-0.2, -0.15) is 18.2 Å². The average molecular weight is 558 g/mol. The first-order chi connectivity index (χ1) is 18.9. The molecule has 0 spiro atoms. The molecule has 0 bridgehead atoms. The Hall–Kier alpha value is -4.88. The zero-order valence-electron chi connectivity index (χ0n) is 21.7. The van der Waals surface area contributed by atoms with Gasteiger partial charge in [-0.1, -0.05) is 29.4 Å². The topological polar surface area (TPSA) is 150 Å². The van der Waals surface area contributed by atoms with E-state index < -0.39 is 29.8 Å². The highest BCUT2D eigenvalue weighted by Crippen LogP contribution is 2.34. The lowest BCUT2D eigenvalue weighted by Gasteiger charge is -2.17. The summed E-state index contributed by atoms with van der Waals surface area (Å²) >= 11 is 0. The highest BCUT2D eigenvalue weighted by molar-refractivity contribution is 5.77. The Bertz CT molecular complexity index is 1560. The number of benzene rings is 2. The van der Waals surface area contributed by atoms with E-state index in [4.69, 9.17) is 15.0 Å². The van der Waals surface area contributed by atoms with E-state index in [2.05, 4.69) is 25.8 Å². The molecule has 0 aliphatic rings. The number of carbonyl (C=O) groups excluding carboxylic acids is 1. The molecule has 40 heavy (non-hydrogen) atoms. The number of nitrogens with one attached hydrogen (secondary N) is 2. The maximum absolute atomic E-state index is 13.4. The zero-order chi connectivity index (χ0) is 29.0. The molecule has 14 heteroatoms. The molecule has 0 aliphatic heterocycles. The number of amides is 1. The van der Waals surface area contributed by atoms with Crippen LogP contribution in [0.1, 0.15) is 25.0 Å². The third-order valence-corrected chi connectivity index (χ3v) is 5.64. The molecular weight excluding hydrogens is 531 g/mol. The number of carbonyl (C=O) groups is 1. The van der Waals surface area contributed by atoms with Crippen LogP contribution >= 0.6 is 0 Å². The molecule has 210 valence electrons. The standard InChI is InChI=1S/C26H26F3N7O4/c1-14(2)33-23-24(38)36(20(12-32-23)17-8-18(26(27,28)29)10-19(30)9-17)13-21(37)31-11-15-4-6-16(7-5-15)22-34-25(39-3)40-35-22/h4-10,12,14H,11,13,30H2,1-3H3,(H,31,37)(H,32,33). The van der Waals surface area contributed by atoms with Crippen LogP contribution in [-0.2, 0) is 24.1 Å². The molecule has 4 rings (SSSR count). The molecule has 11 nitrogen and oxygen atoms in total. The van der Waals surface area contributed by atoms with Gasteiger partial charge < -0.3 is 21.1 Å². The molecule has 1 amide bonds. The molecule has 0 aliphatic carbocycles. The third-order valence-electron chi connectivity index (χ3n) is 5.64. The molecule has 0 radical (unpaired) electrons. The van der Waals surface area contributed by atoms with Crippen molar-refractivity contribution in [2.75, 3.05) is 18.2 Å². The van der Waals surface area contributed by atoms with Crippen molar-refractivity contribution in [3.8, 4) is 28.7 Å². The summed E-state index contributed by atoms with van der Waals surface area (Å²) in [6.07, 6.45) is -3.40. The second-order valence-corrected chi connectivity index (χ2v) is 9.09. The Kier molecular flexibility index (Phi) is 8.07. The summed E-state index contributed by atoms with van der Waals surface area (Å²) in [5, 5.41) is 9.41. The van der Waals surface area contributed by atoms with Crippen molar-refractivity contribution in [3.63, 3.8) is 0 Å². The minimum absolute atomic E-state index is 0.00509. The van der Waals surface area contributed by atoms with Crippen molar-refractivity contribution >= 4 is 17.4 Å². The van der Waals surface area contributed by atoms with Crippen molar-refractivity contribution in [1.29, 1.82) is 0 Å². The van der Waals surface area contributed by atoms with Gasteiger partial charge in [-0.15, -0.1) is 0 Å². The van der Waals surface area contributed by atoms with Crippen LogP contribution in [0.25, 0.3) is 22.6 Å². The van der Waals surface area contributed by atoms with E-state index in [0.29, 0.717) is 11.4 Å². The molecule has 0 unspecified atom stereocenters. The molecule has 0 saturated heterocycles. The number of hydrogen-bond donors (Lipinski definition) is 3. The normalized spacial score (nSPS) is 11.5. The number of ether oxygens (including phenoxy) is 1. The fourth-order valence-corrected chi connectivity index (χ4v) is 3.79. The molecule has 0 fully saturated rings. The van der Waals surface area contributed by atoms with Crippen LogP contribution in [0.4, 0.5) is 24.7 Å². The third kappa shape index (κ3) is 6.57. The minimum atomic E-state index is -4.66. The van der Waals surface area contributed by atoms with Crippen LogP contribution in [-0.4, -0.2) is 38.8 Å². The Morgan fingerprint density at radius 1 is 1.15 bits per heavy atom. The van der Waals surface area contributed by atoms with Gasteiger partial charge in [0.05, 0.1) is 24.6 Å². The maximum Gasteiger partial charge on any atom is 0.417 e. The summed E-state index contributed by atoms with van der Waals surface area (Å²) in [4.78, 5) is 34.3. The van der Waals surface area contributed by atoms with Gasteiger partial charge in [0.1, 0.15) is 6.54 Å². The molecular formula is C26H26F3N7O4. The predicted molar refractivity (Wildman–Crippen MR) is 140 cm³/mol. The van der Waals surface area contributed by atoms with Crippen LogP contribution in [0.3, 0.4) is 0 Å². The van der Waals surface area contributed by atoms with Gasteiger partial charge in [0.25, 0.3) is 5.56 Å². The Labute approximate surface area is 226 Å². The summed E-state index contributed by atoms with van der Waals surface area (Å²) < 4.78 is 51.1. The van der Waals surface area contributed by atoms with Crippen LogP contribution in [0.5, 0.6) is 6.08 Å². The van der Waals surface area contributed by atoms with Gasteiger partial charge in [0.2, 0.25) is 11.7 Å². The van der Waals surface area contributed by atoms with Crippen LogP contribution in [0.2, 0.25) is 0 Å². The predicted octanol–water partition coefficient (Wildman–Crippen LogP) is 3.71.